The van der Waals surface area contributed by atoms with E-state index in [9.17, 15) is 4.79 Å². The Bertz CT molecular complexity index is 1020. The topological polar surface area (TPSA) is 39.4 Å². The highest BCUT2D eigenvalue weighted by atomic mass is 35.5. The van der Waals surface area contributed by atoms with Gasteiger partial charge in [0.15, 0.2) is 0 Å². The van der Waals surface area contributed by atoms with Crippen molar-refractivity contribution in [3.63, 3.8) is 0 Å². The lowest BCUT2D eigenvalue weighted by Gasteiger charge is -2.14. The molecule has 0 radical (unpaired) electrons. The summed E-state index contributed by atoms with van der Waals surface area (Å²) < 4.78 is 11.6. The van der Waals surface area contributed by atoms with Gasteiger partial charge in [-0.15, -0.1) is 0 Å². The number of ether oxygens (including phenoxy) is 1. The second-order valence-corrected chi connectivity index (χ2v) is 7.14. The zero-order chi connectivity index (χ0) is 17.6. The normalized spacial score (nSPS) is 13.2. The average Bonchev–Trinajstić information content (AvgIpc) is 3.04. The molecule has 0 N–H and O–H groups in total. The summed E-state index contributed by atoms with van der Waals surface area (Å²) in [6.45, 7) is 2.20. The van der Waals surface area contributed by atoms with E-state index in [1.807, 2.05) is 19.1 Å². The molecule has 0 saturated carbocycles. The fraction of sp³-hybridized carbons (Fsp3) is 0.250. The first-order valence-corrected chi connectivity index (χ1v) is 8.95. The molecule has 4 rings (SSSR count). The van der Waals surface area contributed by atoms with E-state index in [1.165, 1.54) is 0 Å². The van der Waals surface area contributed by atoms with Crippen molar-refractivity contribution in [1.29, 1.82) is 0 Å². The molecule has 2 aromatic carbocycles. The summed E-state index contributed by atoms with van der Waals surface area (Å²) in [4.78, 5) is 12.2. The Morgan fingerprint density at radius 2 is 1.84 bits per heavy atom. The Morgan fingerprint density at radius 1 is 1.12 bits per heavy atom. The quantitative estimate of drug-likeness (QED) is 0.570. The number of halogens is 2. The summed E-state index contributed by atoms with van der Waals surface area (Å²) in [7, 11) is 0. The summed E-state index contributed by atoms with van der Waals surface area (Å²) in [6, 6.07) is 9.22. The predicted molar refractivity (Wildman–Crippen MR) is 100 cm³/mol. The minimum atomic E-state index is -0.231. The van der Waals surface area contributed by atoms with Crippen LogP contribution in [0.5, 0.6) is 5.75 Å². The Labute approximate surface area is 155 Å². The summed E-state index contributed by atoms with van der Waals surface area (Å²) in [5, 5.41) is 2.03. The van der Waals surface area contributed by atoms with Crippen LogP contribution in [0.3, 0.4) is 0 Å². The van der Waals surface area contributed by atoms with Gasteiger partial charge in [-0.2, -0.15) is 0 Å². The van der Waals surface area contributed by atoms with Gasteiger partial charge in [-0.05, 0) is 61.6 Å². The summed E-state index contributed by atoms with van der Waals surface area (Å²) in [6.07, 6.45) is 2.59. The van der Waals surface area contributed by atoms with Crippen LogP contribution < -0.4 is 10.4 Å². The van der Waals surface area contributed by atoms with Gasteiger partial charge in [0.25, 0.3) is 0 Å². The lowest BCUT2D eigenvalue weighted by Crippen LogP contribution is -2.08. The highest BCUT2D eigenvalue weighted by Gasteiger charge is 2.22. The summed E-state index contributed by atoms with van der Waals surface area (Å²) >= 11 is 12.5. The van der Waals surface area contributed by atoms with E-state index < -0.39 is 0 Å². The Kier molecular flexibility index (Phi) is 4.22. The highest BCUT2D eigenvalue weighted by molar-refractivity contribution is 6.35. The molecule has 0 aliphatic heterocycles. The minimum Gasteiger partial charge on any atom is -0.488 e. The molecule has 5 heteroatoms. The molecule has 0 spiro atoms. The number of fused-ring (bicyclic) bond motifs is 3. The molecule has 25 heavy (non-hydrogen) atoms. The first-order valence-electron chi connectivity index (χ1n) is 8.19. The molecule has 0 unspecified atom stereocenters. The van der Waals surface area contributed by atoms with Crippen LogP contribution in [0.15, 0.2) is 39.5 Å². The molecule has 3 nitrogen and oxygen atoms in total. The van der Waals surface area contributed by atoms with Gasteiger partial charge in [-0.1, -0.05) is 29.3 Å². The second-order valence-electron chi connectivity index (χ2n) is 6.33. The van der Waals surface area contributed by atoms with Crippen LogP contribution in [0.25, 0.3) is 11.0 Å². The van der Waals surface area contributed by atoms with Crippen LogP contribution in [-0.2, 0) is 19.4 Å². The van der Waals surface area contributed by atoms with Gasteiger partial charge in [-0.25, -0.2) is 4.79 Å². The van der Waals surface area contributed by atoms with Gasteiger partial charge in [0.05, 0.1) is 5.39 Å². The number of hydrogen-bond acceptors (Lipinski definition) is 3. The molecule has 1 aliphatic rings. The number of benzene rings is 2. The highest BCUT2D eigenvalue weighted by Crippen LogP contribution is 2.36. The monoisotopic (exact) mass is 374 g/mol. The third-order valence-electron chi connectivity index (χ3n) is 4.61. The minimum absolute atomic E-state index is 0.231. The average molecular weight is 375 g/mol. The molecule has 0 fully saturated rings. The Balaban J connectivity index is 1.82. The molecule has 1 heterocycles. The number of aryl methyl sites for hydroxylation is 2. The number of hydrogen-bond donors (Lipinski definition) is 0. The zero-order valence-corrected chi connectivity index (χ0v) is 15.2. The Hall–Kier alpha value is -1.97. The van der Waals surface area contributed by atoms with Crippen LogP contribution in [0.4, 0.5) is 0 Å². The molecular formula is C20H16Cl2O3. The van der Waals surface area contributed by atoms with Crippen LogP contribution in [0.1, 0.15) is 28.7 Å². The van der Waals surface area contributed by atoms with Gasteiger partial charge >= 0.3 is 5.63 Å². The predicted octanol–water partition coefficient (Wildman–Crippen LogP) is 5.48. The van der Waals surface area contributed by atoms with Crippen molar-refractivity contribution >= 4 is 34.2 Å². The molecule has 0 saturated heterocycles. The third-order valence-corrected chi connectivity index (χ3v) is 5.32. The second kappa shape index (κ2) is 6.40. The molecule has 128 valence electrons. The van der Waals surface area contributed by atoms with Crippen molar-refractivity contribution in [2.75, 3.05) is 0 Å². The van der Waals surface area contributed by atoms with E-state index in [4.69, 9.17) is 32.4 Å². The van der Waals surface area contributed by atoms with Crippen LogP contribution in [0, 0.1) is 6.92 Å². The summed E-state index contributed by atoms with van der Waals surface area (Å²) in [5.74, 6) is 0.702. The van der Waals surface area contributed by atoms with Gasteiger partial charge in [-0.3, -0.25) is 0 Å². The molecule has 3 aromatic rings. The Morgan fingerprint density at radius 3 is 2.60 bits per heavy atom. The lowest BCUT2D eigenvalue weighted by atomic mass is 10.0. The fourth-order valence-corrected chi connectivity index (χ4v) is 3.95. The van der Waals surface area contributed by atoms with E-state index in [0.717, 1.165) is 46.9 Å². The van der Waals surface area contributed by atoms with Crippen molar-refractivity contribution in [2.24, 2.45) is 0 Å². The van der Waals surface area contributed by atoms with E-state index in [2.05, 4.69) is 0 Å². The maximum Gasteiger partial charge on any atom is 0.339 e. The van der Waals surface area contributed by atoms with Crippen LogP contribution >= 0.6 is 23.2 Å². The van der Waals surface area contributed by atoms with Gasteiger partial charge in [0, 0.05) is 21.2 Å². The molecule has 1 aliphatic carbocycles. The van der Waals surface area contributed by atoms with E-state index >= 15 is 0 Å². The SMILES string of the molecule is Cc1cc(OCc2c(Cl)cccc2Cl)c2c3c(c(=O)oc2c1)CCC3. The van der Waals surface area contributed by atoms with Gasteiger partial charge in [0.1, 0.15) is 17.9 Å². The fourth-order valence-electron chi connectivity index (χ4n) is 3.44. The standard InChI is InChI=1S/C20H16Cl2O3/c1-11-8-17(24-10-14-15(21)6-3-7-16(14)22)19-12-4-2-5-13(12)20(23)25-18(19)9-11/h3,6-9H,2,4-5,10H2,1H3. The van der Waals surface area contributed by atoms with Crippen molar-refractivity contribution in [3.8, 4) is 5.75 Å². The third kappa shape index (κ3) is 2.92. The van der Waals surface area contributed by atoms with Crippen LogP contribution in [-0.4, -0.2) is 0 Å². The van der Waals surface area contributed by atoms with E-state index in [0.29, 0.717) is 21.4 Å². The van der Waals surface area contributed by atoms with E-state index in [1.54, 1.807) is 18.2 Å². The van der Waals surface area contributed by atoms with E-state index in [-0.39, 0.29) is 12.2 Å². The van der Waals surface area contributed by atoms with Gasteiger partial charge in [0.2, 0.25) is 0 Å². The van der Waals surface area contributed by atoms with Crippen molar-refractivity contribution < 1.29 is 9.15 Å². The first kappa shape index (κ1) is 16.5. The van der Waals surface area contributed by atoms with Crippen molar-refractivity contribution in [3.05, 3.63) is 73.1 Å². The van der Waals surface area contributed by atoms with Crippen molar-refractivity contribution in [2.45, 2.75) is 32.8 Å². The molecule has 1 aromatic heterocycles. The zero-order valence-electron chi connectivity index (χ0n) is 13.7. The summed E-state index contributed by atoms with van der Waals surface area (Å²) in [5.41, 5.74) is 3.88. The van der Waals surface area contributed by atoms with Crippen molar-refractivity contribution in [1.82, 2.24) is 0 Å². The number of rotatable bonds is 3. The lowest BCUT2D eigenvalue weighted by molar-refractivity contribution is 0.309. The molecule has 0 amide bonds. The van der Waals surface area contributed by atoms with Gasteiger partial charge < -0.3 is 9.15 Å². The smallest absolute Gasteiger partial charge is 0.339 e. The maximum absolute atomic E-state index is 12.2. The largest absolute Gasteiger partial charge is 0.488 e. The maximum atomic E-state index is 12.2. The first-order chi connectivity index (χ1) is 12.0. The molecular weight excluding hydrogens is 359 g/mol. The molecule has 0 bridgehead atoms. The molecule has 0 atom stereocenters. The van der Waals surface area contributed by atoms with Crippen LogP contribution in [0.2, 0.25) is 10.0 Å².